The van der Waals surface area contributed by atoms with E-state index in [4.69, 9.17) is 7.52 Å². The molecule has 0 rings (SSSR count). The first-order valence-corrected chi connectivity index (χ1v) is 4.75. The molecule has 2 N–H and O–H groups in total. The minimum absolute atomic E-state index is 0.0310. The SMILES string of the molecule is CCOCCC(=O)NC.[2H]CN=P.[2H]N=P. The van der Waals surface area contributed by atoms with Crippen molar-refractivity contribution < 1.29 is 12.3 Å². The lowest BCUT2D eigenvalue weighted by molar-refractivity contribution is -0.121. The van der Waals surface area contributed by atoms with E-state index >= 15 is 0 Å². The van der Waals surface area contributed by atoms with Gasteiger partial charge in [0.05, 0.1) is 6.61 Å². The number of carbonyl (C=O) groups is 1. The zero-order valence-corrected chi connectivity index (χ0v) is 10.5. The van der Waals surface area contributed by atoms with E-state index < -0.39 is 0 Å². The molecule has 0 aromatic heterocycles. The predicted octanol–water partition coefficient (Wildman–Crippen LogP) is 1.99. The highest BCUT2D eigenvalue weighted by Gasteiger charge is 1.94. The quantitative estimate of drug-likeness (QED) is 0.583. The highest BCUT2D eigenvalue weighted by atomic mass is 31.0. The number of amides is 1. The fourth-order valence-electron chi connectivity index (χ4n) is 0.434. The van der Waals surface area contributed by atoms with Gasteiger partial charge in [-0.25, -0.2) is 0 Å². The summed E-state index contributed by atoms with van der Waals surface area (Å²) in [6.07, 6.45) is 0.463. The van der Waals surface area contributed by atoms with Crippen LogP contribution in [0.3, 0.4) is 0 Å². The molecule has 0 aliphatic carbocycles. The third kappa shape index (κ3) is 29.9. The van der Waals surface area contributed by atoms with Gasteiger partial charge in [0, 0.05) is 28.5 Å². The molecule has 0 fully saturated rings. The standard InChI is InChI=1S/C6H13NO2.CH4NP.H2NP/c1-3-9-5-4-6(8)7-2;1-2-3;1-2/h3-5H2,1-2H3,(H,7,8);3H,1H3;1-2H/i;1D;/hD. The van der Waals surface area contributed by atoms with Crippen LogP contribution in [0.5, 0.6) is 0 Å². The Morgan fingerprint density at radius 3 is 2.64 bits per heavy atom. The van der Waals surface area contributed by atoms with E-state index in [2.05, 4.69) is 33.3 Å². The normalized spacial score (nSPS) is 8.71. The molecule has 1 amide bonds. The molecule has 5 nitrogen and oxygen atoms in total. The van der Waals surface area contributed by atoms with E-state index in [1.807, 2.05) is 6.92 Å². The van der Waals surface area contributed by atoms with Crippen LogP contribution in [0.1, 0.15) is 14.7 Å². The van der Waals surface area contributed by atoms with Crippen molar-refractivity contribution in [1.82, 2.24) is 5.32 Å². The summed E-state index contributed by atoms with van der Waals surface area (Å²) in [6.45, 7) is 3.11. The maximum atomic E-state index is 10.5. The largest absolute Gasteiger partial charge is 0.381 e. The van der Waals surface area contributed by atoms with Crippen molar-refractivity contribution in [3.05, 3.63) is 0 Å². The molecule has 0 aliphatic heterocycles. The lowest BCUT2D eigenvalue weighted by atomic mass is 10.4. The Bertz CT molecular complexity index is 176. The van der Waals surface area contributed by atoms with Crippen LogP contribution in [0.2, 0.25) is 1.41 Å². The second-order valence-electron chi connectivity index (χ2n) is 1.78. The second-order valence-corrected chi connectivity index (χ2v) is 2.09. The Morgan fingerprint density at radius 2 is 2.36 bits per heavy atom. The number of carbonyl (C=O) groups excluding carboxylic acids is 1. The predicted molar refractivity (Wildman–Crippen MR) is 62.9 cm³/mol. The van der Waals surface area contributed by atoms with Crippen LogP contribution in [0.4, 0.5) is 0 Å². The molecule has 0 saturated heterocycles. The molecule has 14 heavy (non-hydrogen) atoms. The molecule has 0 saturated carbocycles. The lowest BCUT2D eigenvalue weighted by Crippen LogP contribution is -2.19. The van der Waals surface area contributed by atoms with E-state index in [1.165, 1.54) is 0 Å². The third-order valence-corrected chi connectivity index (χ3v) is 0.956. The Morgan fingerprint density at radius 1 is 1.86 bits per heavy atom. The lowest BCUT2D eigenvalue weighted by Gasteiger charge is -1.98. The summed E-state index contributed by atoms with van der Waals surface area (Å²) in [5.74, 6) is 0.0310. The molecule has 7 heteroatoms. The first-order chi connectivity index (χ1) is 7.64. The van der Waals surface area contributed by atoms with Gasteiger partial charge in [-0.1, -0.05) is 0 Å². The third-order valence-electron chi connectivity index (χ3n) is 0.956. The molecular formula is C7H19N3O2P2. The van der Waals surface area contributed by atoms with Crippen molar-refractivity contribution in [2.24, 2.45) is 4.74 Å². The van der Waals surface area contributed by atoms with Crippen molar-refractivity contribution in [2.75, 3.05) is 27.3 Å². The number of nitrogens with one attached hydrogen (secondary N) is 2. The summed E-state index contributed by atoms with van der Waals surface area (Å²) in [6, 6.07) is 0. The van der Waals surface area contributed by atoms with Crippen molar-refractivity contribution in [2.45, 2.75) is 13.3 Å². The maximum absolute atomic E-state index is 10.5. The van der Waals surface area contributed by atoms with Crippen LogP contribution in [0, 0.1) is 5.15 Å². The molecule has 0 bridgehead atoms. The Labute approximate surface area is 92.9 Å². The number of nitrogens with zero attached hydrogens (tertiary/aromatic N) is 1. The topological polar surface area (TPSA) is 74.5 Å². The number of hydrogen-bond donors (Lipinski definition) is 2. The fourth-order valence-corrected chi connectivity index (χ4v) is 0.434. The molecule has 0 radical (unpaired) electrons. The summed E-state index contributed by atoms with van der Waals surface area (Å²) in [4.78, 5) is 10.5. The summed E-state index contributed by atoms with van der Waals surface area (Å²) in [5.41, 5.74) is 0. The van der Waals surface area contributed by atoms with Gasteiger partial charge in [-0.15, -0.1) is 0 Å². The van der Waals surface area contributed by atoms with Crippen LogP contribution in [0.15, 0.2) is 4.74 Å². The average Bonchev–Trinajstić information content (AvgIpc) is 2.30. The van der Waals surface area contributed by atoms with Crippen LogP contribution in [-0.4, -0.2) is 33.2 Å². The smallest absolute Gasteiger partial charge is 0.222 e. The van der Waals surface area contributed by atoms with E-state index in [0.29, 0.717) is 19.6 Å². The highest BCUT2D eigenvalue weighted by molar-refractivity contribution is 7.03. The zero-order chi connectivity index (χ0) is 13.2. The molecule has 0 aromatic carbocycles. The molecule has 0 aliphatic rings. The van der Waals surface area contributed by atoms with Crippen molar-refractivity contribution in [3.63, 3.8) is 0 Å². The number of ether oxygens (including phenoxy) is 1. The minimum Gasteiger partial charge on any atom is -0.381 e. The van der Waals surface area contributed by atoms with Crippen LogP contribution < -0.4 is 5.32 Å². The average molecular weight is 241 g/mol. The molecule has 0 unspecified atom stereocenters. The van der Waals surface area contributed by atoms with E-state index in [9.17, 15) is 4.79 Å². The summed E-state index contributed by atoms with van der Waals surface area (Å²) < 4.78 is 20.1. The molecule has 84 valence electrons. The molecule has 0 spiro atoms. The van der Waals surface area contributed by atoms with Gasteiger partial charge >= 0.3 is 0 Å². The van der Waals surface area contributed by atoms with Gasteiger partial charge in [0.2, 0.25) is 5.91 Å². The van der Waals surface area contributed by atoms with Gasteiger partial charge in [-0.3, -0.25) is 14.7 Å². The Hall–Kier alpha value is -0.370. The first kappa shape index (κ1) is 13.6. The minimum atomic E-state index is 0.0310. The van der Waals surface area contributed by atoms with Crippen LogP contribution >= 0.6 is 18.1 Å². The van der Waals surface area contributed by atoms with E-state index in [1.54, 1.807) is 7.05 Å². The summed E-state index contributed by atoms with van der Waals surface area (Å²) >= 11 is 0. The van der Waals surface area contributed by atoms with Gasteiger partial charge in [-0.2, -0.15) is 0 Å². The molecular weight excluding hydrogens is 220 g/mol. The van der Waals surface area contributed by atoms with Gasteiger partial charge in [0.25, 0.3) is 0 Å². The van der Waals surface area contributed by atoms with E-state index in [-0.39, 0.29) is 12.9 Å². The van der Waals surface area contributed by atoms with Crippen molar-refractivity contribution >= 4 is 24.0 Å². The summed E-state index contributed by atoms with van der Waals surface area (Å²) in [5, 5.41) is 5.06. The van der Waals surface area contributed by atoms with Crippen molar-refractivity contribution in [3.8, 4) is 0 Å². The number of rotatable bonds is 4. The Kier molecular flexibility index (Phi) is 22.3. The fraction of sp³-hybridized carbons (Fsp3) is 0.857. The zero-order valence-electron chi connectivity index (χ0n) is 10.5. The highest BCUT2D eigenvalue weighted by Crippen LogP contribution is 1.80. The monoisotopic (exact) mass is 241 g/mol. The number of hydrogen-bond acceptors (Lipinski definition) is 4. The Balaban J connectivity index is -0.000000201. The van der Waals surface area contributed by atoms with Crippen LogP contribution in [0.25, 0.3) is 0 Å². The molecule has 0 heterocycles. The van der Waals surface area contributed by atoms with E-state index in [0.717, 1.165) is 0 Å². The van der Waals surface area contributed by atoms with Gasteiger partial charge in [-0.05, 0) is 25.0 Å². The van der Waals surface area contributed by atoms with Crippen molar-refractivity contribution in [1.29, 1.82) is 5.15 Å². The van der Waals surface area contributed by atoms with Gasteiger partial charge in [0.1, 0.15) is 0 Å². The second kappa shape index (κ2) is 22.9. The molecule has 0 atom stereocenters. The molecule has 0 aromatic rings. The van der Waals surface area contributed by atoms with Crippen LogP contribution in [-0.2, 0) is 9.53 Å². The first-order valence-electron chi connectivity index (χ1n) is 5.01. The van der Waals surface area contributed by atoms with Gasteiger partial charge < -0.3 is 10.1 Å². The maximum Gasteiger partial charge on any atom is 0.222 e. The van der Waals surface area contributed by atoms with Gasteiger partial charge in [0.15, 0.2) is 1.41 Å². The summed E-state index contributed by atoms with van der Waals surface area (Å²) in [7, 11) is 6.93.